The Morgan fingerprint density at radius 1 is 1.13 bits per heavy atom. The second kappa shape index (κ2) is 12.5. The van der Waals surface area contributed by atoms with Crippen molar-refractivity contribution in [2.24, 2.45) is 35.6 Å². The molecule has 31 heavy (non-hydrogen) atoms. The second-order valence-corrected chi connectivity index (χ2v) is 9.77. The molecule has 1 aromatic rings. The van der Waals surface area contributed by atoms with Gasteiger partial charge < -0.3 is 14.8 Å². The van der Waals surface area contributed by atoms with Gasteiger partial charge in [0.2, 0.25) is 0 Å². The molecule has 0 aliphatic heterocycles. The number of imidazole rings is 1. The number of terminal acetylenes is 1. The molecule has 3 aliphatic carbocycles. The molecule has 4 rings (SSSR count). The van der Waals surface area contributed by atoms with E-state index >= 15 is 0 Å². The monoisotopic (exact) mass is 430 g/mol. The molecule has 2 unspecified atom stereocenters. The Hall–Kier alpha value is -1.57. The van der Waals surface area contributed by atoms with Gasteiger partial charge in [-0.2, -0.15) is 0 Å². The van der Waals surface area contributed by atoms with Crippen molar-refractivity contribution in [1.29, 1.82) is 0 Å². The summed E-state index contributed by atoms with van der Waals surface area (Å²) in [6.07, 6.45) is 22.4. The van der Waals surface area contributed by atoms with Crippen LogP contribution in [0.2, 0.25) is 0 Å². The molecule has 0 spiro atoms. The molecule has 3 aliphatic rings. The lowest BCUT2D eigenvalue weighted by atomic mass is 9.53. The normalized spacial score (nSPS) is 36.5. The van der Waals surface area contributed by atoms with Crippen LogP contribution in [0.5, 0.6) is 0 Å². The first-order chi connectivity index (χ1) is 14.8. The van der Waals surface area contributed by atoms with E-state index in [4.69, 9.17) is 0 Å². The molecule has 0 saturated heterocycles. The van der Waals surface area contributed by atoms with E-state index in [0.717, 1.165) is 25.2 Å². The van der Waals surface area contributed by atoms with Gasteiger partial charge in [-0.1, -0.05) is 39.8 Å². The van der Waals surface area contributed by atoms with Crippen molar-refractivity contribution < 1.29 is 10.2 Å². The third kappa shape index (κ3) is 6.24. The summed E-state index contributed by atoms with van der Waals surface area (Å²) in [6.45, 7) is 13.4. The van der Waals surface area contributed by atoms with E-state index in [-0.39, 0.29) is 24.0 Å². The third-order valence-electron chi connectivity index (χ3n) is 8.38. The van der Waals surface area contributed by atoms with Crippen LogP contribution in [0.15, 0.2) is 30.9 Å². The van der Waals surface area contributed by atoms with Gasteiger partial charge in [-0.05, 0) is 80.0 Å². The quantitative estimate of drug-likeness (QED) is 0.473. The number of aliphatic hydroxyl groups is 2. The molecule has 1 aromatic heterocycles. The van der Waals surface area contributed by atoms with Crippen molar-refractivity contribution in [3.63, 3.8) is 0 Å². The zero-order valence-electron chi connectivity index (χ0n) is 20.6. The van der Waals surface area contributed by atoms with E-state index in [1.807, 2.05) is 31.7 Å². The molecular weight excluding hydrogens is 384 g/mol. The zero-order valence-corrected chi connectivity index (χ0v) is 20.6. The first kappa shape index (κ1) is 27.5. The van der Waals surface area contributed by atoms with Crippen LogP contribution in [-0.2, 0) is 7.05 Å². The Labute approximate surface area is 191 Å². The van der Waals surface area contributed by atoms with Gasteiger partial charge >= 0.3 is 0 Å². The summed E-state index contributed by atoms with van der Waals surface area (Å²) in [5.41, 5.74) is 2.09. The van der Waals surface area contributed by atoms with E-state index < -0.39 is 0 Å². The molecule has 3 fully saturated rings. The number of aryl methyl sites for hydroxylation is 1. The van der Waals surface area contributed by atoms with Crippen molar-refractivity contribution in [3.05, 3.63) is 30.9 Å². The summed E-state index contributed by atoms with van der Waals surface area (Å²) in [7, 11) is 1.94. The maximum absolute atomic E-state index is 9.94. The highest BCUT2D eigenvalue weighted by Crippen LogP contribution is 2.61. The number of allylic oxidation sites excluding steroid dienone is 1. The maximum atomic E-state index is 9.94. The van der Waals surface area contributed by atoms with Gasteiger partial charge in [-0.25, -0.2) is 4.98 Å². The summed E-state index contributed by atoms with van der Waals surface area (Å²) in [5, 5.41) is 19.8. The van der Waals surface area contributed by atoms with Crippen molar-refractivity contribution >= 4 is 0 Å². The minimum atomic E-state index is -0.199. The second-order valence-electron chi connectivity index (χ2n) is 9.77. The first-order valence-corrected chi connectivity index (χ1v) is 12.0. The number of hydrogen-bond donors (Lipinski definition) is 2. The molecule has 2 N–H and O–H groups in total. The summed E-state index contributed by atoms with van der Waals surface area (Å²) < 4.78 is 1.89. The smallest absolute Gasteiger partial charge is 0.0943 e. The van der Waals surface area contributed by atoms with Crippen LogP contribution in [-0.4, -0.2) is 32.5 Å². The highest BCUT2D eigenvalue weighted by atomic mass is 16.3. The molecular formula is C27H46N2O2. The number of fused-ring (bicyclic) bond motifs is 1. The topological polar surface area (TPSA) is 58.3 Å². The van der Waals surface area contributed by atoms with E-state index in [1.165, 1.54) is 37.7 Å². The minimum Gasteiger partial charge on any atom is -0.396 e. The number of rotatable bonds is 2. The van der Waals surface area contributed by atoms with Crippen molar-refractivity contribution in [3.8, 4) is 12.8 Å². The van der Waals surface area contributed by atoms with Crippen LogP contribution in [0.4, 0.5) is 0 Å². The van der Waals surface area contributed by atoms with E-state index in [1.54, 1.807) is 12.5 Å². The fourth-order valence-corrected chi connectivity index (χ4v) is 6.08. The first-order valence-electron chi connectivity index (χ1n) is 12.0. The Balaban J connectivity index is 0.000000404. The average Bonchev–Trinajstić information content (AvgIpc) is 3.39. The summed E-state index contributed by atoms with van der Waals surface area (Å²) in [5.74, 6) is 1.79. The van der Waals surface area contributed by atoms with E-state index in [2.05, 4.69) is 38.3 Å². The lowest BCUT2D eigenvalue weighted by Crippen LogP contribution is -2.46. The van der Waals surface area contributed by atoms with Crippen molar-refractivity contribution in [1.82, 2.24) is 9.55 Å². The van der Waals surface area contributed by atoms with Crippen LogP contribution < -0.4 is 0 Å². The summed E-state index contributed by atoms with van der Waals surface area (Å²) >= 11 is 0. The Morgan fingerprint density at radius 3 is 2.32 bits per heavy atom. The van der Waals surface area contributed by atoms with Crippen LogP contribution >= 0.6 is 0 Å². The fraction of sp³-hybridized carbons (Fsp3) is 0.741. The maximum Gasteiger partial charge on any atom is 0.0943 e. The standard InChI is InChI=1S/C19H32O2.C4H6N2.C2H6.C2H2/c1-13-4-5-14-10-15(6-8-18(13,14)2)19(3)9-7-17(21)11-16(19)12-20;1-6-3-2-5-4-6;2*1-2/h14-17,20-21H,1,4-12H2,2-3H3;2-4H,1H3;1-2H3;1-2H/t14?,15?,16-,17+,18-,19-;;;/m1.../s1. The lowest BCUT2D eigenvalue weighted by molar-refractivity contribution is -0.0661. The lowest BCUT2D eigenvalue weighted by Gasteiger charge is -2.52. The third-order valence-corrected chi connectivity index (χ3v) is 8.38. The number of aliphatic hydroxyl groups excluding tert-OH is 2. The number of hydrogen-bond acceptors (Lipinski definition) is 3. The summed E-state index contributed by atoms with van der Waals surface area (Å²) in [4.78, 5) is 3.78. The molecule has 0 aromatic carbocycles. The van der Waals surface area contributed by atoms with Gasteiger partial charge in [0.05, 0.1) is 12.4 Å². The molecule has 6 atom stereocenters. The molecule has 0 bridgehead atoms. The Bertz CT molecular complexity index is 668. The molecule has 176 valence electrons. The molecule has 4 nitrogen and oxygen atoms in total. The highest BCUT2D eigenvalue weighted by molar-refractivity contribution is 5.19. The van der Waals surface area contributed by atoms with Gasteiger partial charge in [-0.3, -0.25) is 0 Å². The van der Waals surface area contributed by atoms with Gasteiger partial charge in [0.15, 0.2) is 0 Å². The van der Waals surface area contributed by atoms with Gasteiger partial charge in [0, 0.05) is 26.0 Å². The van der Waals surface area contributed by atoms with Crippen LogP contribution in [0.1, 0.15) is 79.1 Å². The van der Waals surface area contributed by atoms with Crippen LogP contribution in [0.25, 0.3) is 0 Å². The van der Waals surface area contributed by atoms with E-state index in [9.17, 15) is 10.2 Å². The average molecular weight is 431 g/mol. The van der Waals surface area contributed by atoms with Crippen molar-refractivity contribution in [2.45, 2.75) is 85.2 Å². The molecule has 1 heterocycles. The molecule has 4 heteroatoms. The Morgan fingerprint density at radius 2 is 1.81 bits per heavy atom. The zero-order chi connectivity index (χ0) is 23.7. The summed E-state index contributed by atoms with van der Waals surface area (Å²) in [6, 6.07) is 0. The predicted molar refractivity (Wildman–Crippen MR) is 130 cm³/mol. The van der Waals surface area contributed by atoms with Crippen molar-refractivity contribution in [2.75, 3.05) is 6.61 Å². The van der Waals surface area contributed by atoms with E-state index in [0.29, 0.717) is 11.3 Å². The number of aromatic nitrogens is 2. The number of nitrogens with zero attached hydrogens (tertiary/aromatic N) is 2. The SMILES string of the molecule is C#C.C=C1CCC2CC([C@@]3(C)CC[C@H](O)C[C@@H]3CO)CC[C@]12C.CC.Cn1ccnc1. The van der Waals surface area contributed by atoms with Crippen LogP contribution in [0, 0.1) is 41.4 Å². The molecule has 3 saturated carbocycles. The largest absolute Gasteiger partial charge is 0.396 e. The predicted octanol–water partition coefficient (Wildman–Crippen LogP) is 5.61. The van der Waals surface area contributed by atoms with Gasteiger partial charge in [-0.15, -0.1) is 12.8 Å². The van der Waals surface area contributed by atoms with Gasteiger partial charge in [0.25, 0.3) is 0 Å². The molecule has 0 amide bonds. The minimum absolute atomic E-state index is 0.199. The fourth-order valence-electron chi connectivity index (χ4n) is 6.08. The van der Waals surface area contributed by atoms with Crippen LogP contribution in [0.3, 0.4) is 0 Å². The van der Waals surface area contributed by atoms with Gasteiger partial charge in [0.1, 0.15) is 0 Å². The highest BCUT2D eigenvalue weighted by Gasteiger charge is 2.51. The molecule has 0 radical (unpaired) electrons. The Kier molecular flexibility index (Phi) is 11.0.